The van der Waals surface area contributed by atoms with Crippen molar-refractivity contribution in [3.8, 4) is 0 Å². The second-order valence-corrected chi connectivity index (χ2v) is 37.7. The molecular weight excluding hydrogens is 2090 g/mol. The lowest BCUT2D eigenvalue weighted by Gasteiger charge is -2.43. The number of benzene rings is 1. The summed E-state index contributed by atoms with van der Waals surface area (Å²) in [5.41, 5.74) is -1.40. The molecule has 66 heteroatoms. The fourth-order valence-corrected chi connectivity index (χ4v) is 18.0. The highest BCUT2D eigenvalue weighted by Gasteiger charge is 2.55. The minimum atomic E-state index is -2.11. The Morgan fingerprint density at radius 3 is 0.687 bits per heavy atom. The SMILES string of the molecule is CO[C@H]1O[C@H](CNC(=O)CCN(C[C@H]2O[C@H](OCCNC(=O)c3cc(C(=O)NCCO[C@H]4O[C@H](CN(CCC(=O)NC[C@H]5O[C@H](OC)[C@@H](O)[C@@H](O)[C@@H]5O)C(=S)N[C@H]5O[C@H](CO)[C@@H](O)[C@H](O)[C@@H]5O)[C@@H](O)[C@H](O)[C@@H]4O)cc(C(=O)NCCO[C@H]4O[C@H](CN(CCC(=O)NC[C@H]5O[C@H](OC)[C@@H](O)[C@@H](O)[C@@H]5O)C(=S)N[C@H]5O[C@H](CO)[C@@H](O)[C@H](O)[C@@H]5O)[C@@H](O)[C@H](O)[C@@H]4O)c3)[C@@H](O)[C@@H](O)[C@@H]2O)C(=S)N[C@H]2O[C@H](CO)[C@@H](O)[C@H](O)[C@@H]2O)[C@@H](O)[C@H](O)[C@@H]1O. The Kier molecular flexibility index (Phi) is 48.4. The number of ether oxygens (including phenoxy) is 15. The average Bonchev–Trinajstić information content (AvgIpc) is 0.796. The predicted molar refractivity (Wildman–Crippen MR) is 499 cm³/mol. The lowest BCUT2D eigenvalue weighted by atomic mass is 9.98. The molecule has 9 aliphatic rings. The molecule has 0 unspecified atom stereocenters. The lowest BCUT2D eigenvalue weighted by Crippen LogP contribution is -2.65. The van der Waals surface area contributed by atoms with Gasteiger partial charge in [0.25, 0.3) is 17.7 Å². The largest absolute Gasteiger partial charge is 0.394 e. The Balaban J connectivity index is 0.832. The summed E-state index contributed by atoms with van der Waals surface area (Å²) < 4.78 is 83.5. The standard InChI is InChI=1S/C84H138N12O51S3/c1-133-76-64(124)55(115)43(103)31(142-76)19-88-40(100)4-10-94(82(148)91-73-61(121)52(112)49(109)37(25-97)139-73)22-34-46(106)58(118)67(127)79(145-34)136-13-7-85-70(130)28-16-29(71(131)86-8-14-137-80-68(128)59(119)47(107)35(146-80)23-95(83(149)92-74-62(122)53(113)50(110)38(26-98)140-74)11-5-41(101)89-20-32-44(104)56(116)65(125)77(134-2)143-32)18-30(17-28)72(132)87-9-15-138-81-69(129)60(120)48(108)36(147-81)24-96(84(150)93-75-63(123)54(114)51(111)39(27-99)141-75)12-6-42(102)90-21-33-45(105)57(117)66(126)78(135-3)144-33/h16-18,31-39,43-69,73-81,97-99,103-129H,4-15,19-27H2,1-3H3,(H,85,130)(H,86,131)(H,87,132)(H,88,100)(H,89,101)(H,90,102)(H,91,148)(H,92,149)(H,93,150)/t31-,32-,33-,34-,35-,36-,37-,38-,39-,43-,44-,45-,46-,47-,48-,49-,50-,51-,52+,53+,54+,55+,56+,57+,58+,59+,60+,61+,62+,63+,64+,65+,66+,67+,68+,69+,73+,74+,75+,76+,77+,78+,79+,80+,81+/m1/s1. The van der Waals surface area contributed by atoms with Crippen LogP contribution in [0, 0.1) is 0 Å². The van der Waals surface area contributed by atoms with Gasteiger partial charge in [0, 0.05) is 136 Å². The van der Waals surface area contributed by atoms with E-state index in [0.29, 0.717) is 0 Å². The highest BCUT2D eigenvalue weighted by molar-refractivity contribution is 7.80. The number of nitrogens with zero attached hydrogens (tertiary/aromatic N) is 3. The molecule has 39 N–H and O–H groups in total. The van der Waals surface area contributed by atoms with E-state index in [1.165, 1.54) is 0 Å². The Morgan fingerprint density at radius 2 is 0.467 bits per heavy atom. The highest BCUT2D eigenvalue weighted by atomic mass is 32.1. The molecule has 63 nitrogen and oxygen atoms in total. The van der Waals surface area contributed by atoms with E-state index < -0.39 is 481 Å². The van der Waals surface area contributed by atoms with Crippen LogP contribution in [0.1, 0.15) is 50.3 Å². The second-order valence-electron chi connectivity index (χ2n) is 36.6. The summed E-state index contributed by atoms with van der Waals surface area (Å²) in [5, 5.41) is 343. The number of nitrogens with one attached hydrogen (secondary N) is 9. The lowest BCUT2D eigenvalue weighted by molar-refractivity contribution is -0.296. The van der Waals surface area contributed by atoms with E-state index in [2.05, 4.69) is 47.9 Å². The molecule has 9 aliphatic heterocycles. The third kappa shape index (κ3) is 31.7. The normalized spacial score (nSPS) is 39.2. The van der Waals surface area contributed by atoms with Crippen LogP contribution >= 0.6 is 36.7 Å². The van der Waals surface area contributed by atoms with Crippen LogP contribution in [0.5, 0.6) is 0 Å². The first kappa shape index (κ1) is 125. The fourth-order valence-electron chi connectivity index (χ4n) is 17.2. The Hall–Kier alpha value is -6.69. The number of hydrogen-bond donors (Lipinski definition) is 39. The zero-order valence-electron chi connectivity index (χ0n) is 80.6. The van der Waals surface area contributed by atoms with E-state index >= 15 is 0 Å². The quantitative estimate of drug-likeness (QED) is 0.0213. The van der Waals surface area contributed by atoms with Gasteiger partial charge in [0.15, 0.2) is 71.8 Å². The first-order valence-corrected chi connectivity index (χ1v) is 48.8. The molecule has 0 aromatic heterocycles. The topological polar surface area (TPSA) is 966 Å². The van der Waals surface area contributed by atoms with Crippen molar-refractivity contribution in [3.05, 3.63) is 34.9 Å². The molecule has 0 radical (unpaired) electrons. The molecule has 45 atom stereocenters. The molecular formula is C84H138N12O51S3. The van der Waals surface area contributed by atoms with Crippen LogP contribution in [0.2, 0.25) is 0 Å². The smallest absolute Gasteiger partial charge is 0.251 e. The van der Waals surface area contributed by atoms with E-state index in [-0.39, 0.29) is 0 Å². The van der Waals surface area contributed by atoms with Crippen LogP contribution in [0.15, 0.2) is 18.2 Å². The maximum atomic E-state index is 14.4. The molecule has 0 saturated carbocycles. The molecule has 6 amide bonds. The minimum absolute atomic E-state index is 0.433. The van der Waals surface area contributed by atoms with Crippen LogP contribution in [0.4, 0.5) is 0 Å². The summed E-state index contributed by atoms with van der Waals surface area (Å²) in [5.74, 6) is -5.59. The van der Waals surface area contributed by atoms with Crippen molar-refractivity contribution in [2.45, 2.75) is 295 Å². The van der Waals surface area contributed by atoms with Crippen molar-refractivity contribution in [1.29, 1.82) is 0 Å². The molecule has 1 aromatic rings. The second kappa shape index (κ2) is 58.0. The number of carbonyl (C=O) groups excluding carboxylic acids is 6. The molecule has 858 valence electrons. The highest BCUT2D eigenvalue weighted by Crippen LogP contribution is 2.33. The van der Waals surface area contributed by atoms with Gasteiger partial charge >= 0.3 is 0 Å². The Morgan fingerprint density at radius 1 is 0.267 bits per heavy atom. The van der Waals surface area contributed by atoms with Gasteiger partial charge in [-0.2, -0.15) is 0 Å². The van der Waals surface area contributed by atoms with Crippen molar-refractivity contribution in [2.24, 2.45) is 0 Å². The number of carbonyl (C=O) groups is 6. The monoisotopic (exact) mass is 2230 g/mol. The molecule has 9 heterocycles. The number of thiocarbonyl (C=S) groups is 3. The number of aliphatic hydroxyl groups is 30. The van der Waals surface area contributed by atoms with Crippen molar-refractivity contribution in [1.82, 2.24) is 62.6 Å². The summed E-state index contributed by atoms with van der Waals surface area (Å²) >= 11 is 16.9. The molecule has 0 spiro atoms. The van der Waals surface area contributed by atoms with Crippen molar-refractivity contribution < 1.29 is 253 Å². The summed E-state index contributed by atoms with van der Waals surface area (Å²) in [6.07, 6.45) is -81.2. The number of amides is 6. The molecule has 10 rings (SSSR count). The number of hydrogen-bond acceptors (Lipinski definition) is 54. The van der Waals surface area contributed by atoms with Gasteiger partial charge in [0.1, 0.15) is 220 Å². The zero-order valence-corrected chi connectivity index (χ0v) is 83.1. The number of methoxy groups -OCH3 is 3. The molecule has 0 aliphatic carbocycles. The summed E-state index contributed by atoms with van der Waals surface area (Å²) in [4.78, 5) is 87.1. The van der Waals surface area contributed by atoms with Gasteiger partial charge in [-0.3, -0.25) is 28.8 Å². The van der Waals surface area contributed by atoms with E-state index in [9.17, 15) is 182 Å². The Bertz CT molecular complexity index is 4030. The van der Waals surface area contributed by atoms with Gasteiger partial charge in [0.2, 0.25) is 17.7 Å². The van der Waals surface area contributed by atoms with Gasteiger partial charge in [-0.1, -0.05) is 0 Å². The van der Waals surface area contributed by atoms with Crippen molar-refractivity contribution in [2.75, 3.05) is 140 Å². The van der Waals surface area contributed by atoms with Crippen LogP contribution < -0.4 is 47.9 Å². The third-order valence-corrected chi connectivity index (χ3v) is 27.4. The molecule has 9 saturated heterocycles. The predicted octanol–water partition coefficient (Wildman–Crippen LogP) is -23.8. The summed E-state index contributed by atoms with van der Waals surface area (Å²) in [6.45, 7) is -11.0. The zero-order chi connectivity index (χ0) is 111. The fraction of sp³-hybridized carbons (Fsp3) is 0.821. The van der Waals surface area contributed by atoms with E-state index in [1.54, 1.807) is 0 Å². The van der Waals surface area contributed by atoms with Gasteiger partial charge < -0.3 is 287 Å². The molecule has 1 aromatic carbocycles. The van der Waals surface area contributed by atoms with Crippen LogP contribution in [-0.4, -0.2) is 634 Å². The molecule has 9 fully saturated rings. The van der Waals surface area contributed by atoms with E-state index in [1.807, 2.05) is 0 Å². The maximum absolute atomic E-state index is 14.4. The number of rotatable bonds is 45. The van der Waals surface area contributed by atoms with Crippen LogP contribution in [-0.2, 0) is 85.4 Å². The summed E-state index contributed by atoms with van der Waals surface area (Å²) in [6, 6.07) is 2.94. The van der Waals surface area contributed by atoms with Gasteiger partial charge in [-0.05, 0) is 54.9 Å². The first-order valence-electron chi connectivity index (χ1n) is 47.5. The van der Waals surface area contributed by atoms with E-state index in [0.717, 1.165) is 54.2 Å². The summed E-state index contributed by atoms with van der Waals surface area (Å²) in [7, 11) is 3.44. The number of aliphatic hydroxyl groups excluding tert-OH is 30. The third-order valence-electron chi connectivity index (χ3n) is 26.3. The van der Waals surface area contributed by atoms with Gasteiger partial charge in [-0.25, -0.2) is 0 Å². The van der Waals surface area contributed by atoms with Crippen molar-refractivity contribution in [3.63, 3.8) is 0 Å². The van der Waals surface area contributed by atoms with Crippen molar-refractivity contribution >= 4 is 87.4 Å². The first-order chi connectivity index (χ1) is 71.0. The minimum Gasteiger partial charge on any atom is -0.394 e. The van der Waals surface area contributed by atoms with Crippen LogP contribution in [0.25, 0.3) is 0 Å². The van der Waals surface area contributed by atoms with Crippen LogP contribution in [0.3, 0.4) is 0 Å². The Labute approximate surface area is 869 Å². The average molecular weight is 2230 g/mol. The maximum Gasteiger partial charge on any atom is 0.251 e. The van der Waals surface area contributed by atoms with Gasteiger partial charge in [-0.15, -0.1) is 0 Å². The molecule has 150 heavy (non-hydrogen) atoms. The van der Waals surface area contributed by atoms with E-state index in [4.69, 9.17) is 108 Å². The molecule has 0 bridgehead atoms. The van der Waals surface area contributed by atoms with Gasteiger partial charge in [0.05, 0.1) is 39.6 Å².